The molecule has 1 aliphatic heterocycles. The molecule has 10 N–H and O–H groups in total. The minimum absolute atomic E-state index is 0.0360. The Hall–Kier alpha value is -7.79. The van der Waals surface area contributed by atoms with Crippen molar-refractivity contribution in [2.45, 2.75) is 124 Å². The first-order valence-corrected chi connectivity index (χ1v) is 27.9. The van der Waals surface area contributed by atoms with E-state index in [0.717, 1.165) is 55.2 Å². The number of nitriles is 1. The topological polar surface area (TPSA) is 316 Å². The van der Waals surface area contributed by atoms with E-state index < -0.39 is 59.2 Å². The Bertz CT molecular complexity index is 2880. The van der Waals surface area contributed by atoms with Crippen molar-refractivity contribution in [3.63, 3.8) is 0 Å². The maximum absolute atomic E-state index is 14.6. The zero-order valence-electron chi connectivity index (χ0n) is 47.8. The van der Waals surface area contributed by atoms with Gasteiger partial charge in [0.05, 0.1) is 18.7 Å². The highest BCUT2D eigenvalue weighted by atomic mass is 16.5. The van der Waals surface area contributed by atoms with Gasteiger partial charge in [-0.1, -0.05) is 70.0 Å². The number of rotatable bonds is 27. The lowest BCUT2D eigenvalue weighted by Crippen LogP contribution is -2.46. The van der Waals surface area contributed by atoms with Gasteiger partial charge in [-0.05, 0) is 129 Å². The molecule has 0 radical (unpaired) electrons. The van der Waals surface area contributed by atoms with Gasteiger partial charge in [-0.15, -0.1) is 0 Å². The molecule has 1 heterocycles. The Labute approximate surface area is 476 Å². The van der Waals surface area contributed by atoms with Crippen molar-refractivity contribution in [3.8, 4) is 28.7 Å². The monoisotopic (exact) mass is 1110 g/mol. The maximum Gasteiger partial charge on any atom is 0.322 e. The van der Waals surface area contributed by atoms with Crippen LogP contribution in [0.25, 0.3) is 11.1 Å². The van der Waals surface area contributed by atoms with Crippen LogP contribution >= 0.6 is 0 Å². The standard InChI is InChI=1S/C48H63N7O8.C14H19NO3/c1-5-6-8-32-10-13-37(30(2)23-32)47(60)53-29-36(56)27-35(16-18-50)48(61)55(4)45-34-12-15-44(63-22-20-52)39(28-34)38-25-33(11-14-43(38)62-21-19-51)26-40(41(57)9-7-17-49)54-46(59)31(3)24-42(45)58;1-3-4-5-11-6-7-12(10(2)8-11)14(18)15-9-13(16)17/h10-15,23,25,28,31,35,40,45H,5-9,16,18-22,24,26-27,29,50-52H2,1-4H3,(H,53,60)(H,54,59);6-8H,3-5,9H2,1-2H3,(H,15,18)(H,16,17)/t31-,35-,40+,45+;/m1./s1. The minimum Gasteiger partial charge on any atom is -0.492 e. The van der Waals surface area contributed by atoms with E-state index >= 15 is 0 Å². The lowest BCUT2D eigenvalue weighted by Gasteiger charge is -2.32. The molecule has 19 nitrogen and oxygen atoms in total. The summed E-state index contributed by atoms with van der Waals surface area (Å²) >= 11 is 0. The van der Waals surface area contributed by atoms with Crippen LogP contribution < -0.4 is 42.6 Å². The molecule has 81 heavy (non-hydrogen) atoms. The summed E-state index contributed by atoms with van der Waals surface area (Å²) in [4.78, 5) is 106. The van der Waals surface area contributed by atoms with E-state index in [1.54, 1.807) is 49.4 Å². The van der Waals surface area contributed by atoms with Gasteiger partial charge < -0.3 is 52.6 Å². The first-order chi connectivity index (χ1) is 38.8. The fourth-order valence-electron chi connectivity index (χ4n) is 9.55. The van der Waals surface area contributed by atoms with Crippen molar-refractivity contribution >= 4 is 46.9 Å². The van der Waals surface area contributed by atoms with Gasteiger partial charge in [-0.3, -0.25) is 38.4 Å². The Morgan fingerprint density at radius 3 is 1.84 bits per heavy atom. The number of carboxylic acids is 1. The summed E-state index contributed by atoms with van der Waals surface area (Å²) in [6, 6.07) is 21.5. The average molecular weight is 1120 g/mol. The quantitative estimate of drug-likeness (QED) is 0.0350. The summed E-state index contributed by atoms with van der Waals surface area (Å²) in [5.74, 6) is -5.10. The number of Topliss-reactive ketones (excluding diaryl/α,β-unsaturated/α-hetero) is 3. The van der Waals surface area contributed by atoms with E-state index in [1.807, 2.05) is 50.2 Å². The number of ketones is 3. The normalized spacial score (nSPS) is 15.3. The second kappa shape index (κ2) is 33.7. The number of fused-ring (bicyclic) bond motifs is 5. The van der Waals surface area contributed by atoms with Crippen LogP contribution in [0.1, 0.15) is 139 Å². The van der Waals surface area contributed by atoms with E-state index in [0.29, 0.717) is 44.9 Å². The molecule has 0 spiro atoms. The van der Waals surface area contributed by atoms with E-state index in [9.17, 15) is 43.6 Å². The van der Waals surface area contributed by atoms with Gasteiger partial charge in [0.2, 0.25) is 11.8 Å². The lowest BCUT2D eigenvalue weighted by atomic mass is 9.88. The van der Waals surface area contributed by atoms with E-state index in [2.05, 4.69) is 29.8 Å². The van der Waals surface area contributed by atoms with Gasteiger partial charge in [0.15, 0.2) is 17.3 Å². The summed E-state index contributed by atoms with van der Waals surface area (Å²) in [6.45, 7) is 9.69. The van der Waals surface area contributed by atoms with Crippen molar-refractivity contribution in [2.24, 2.45) is 29.0 Å². The number of hydrogen-bond donors (Lipinski definition) is 7. The molecule has 0 fully saturated rings. The molecule has 0 saturated carbocycles. The predicted molar refractivity (Wildman–Crippen MR) is 309 cm³/mol. The number of ether oxygens (including phenoxy) is 2. The highest BCUT2D eigenvalue weighted by Crippen LogP contribution is 2.41. The third-order valence-electron chi connectivity index (χ3n) is 13.9. The summed E-state index contributed by atoms with van der Waals surface area (Å²) in [6.07, 6.45) is 5.81. The zero-order chi connectivity index (χ0) is 59.6. The van der Waals surface area contributed by atoms with Crippen LogP contribution in [0, 0.1) is 37.0 Å². The number of carboxylic acid groups (broad SMARTS) is 1. The maximum atomic E-state index is 14.6. The Morgan fingerprint density at radius 1 is 0.765 bits per heavy atom. The third-order valence-corrected chi connectivity index (χ3v) is 13.9. The zero-order valence-corrected chi connectivity index (χ0v) is 47.8. The van der Waals surface area contributed by atoms with Gasteiger partial charge in [0.1, 0.15) is 37.3 Å². The van der Waals surface area contributed by atoms with Gasteiger partial charge in [-0.2, -0.15) is 5.26 Å². The van der Waals surface area contributed by atoms with Gasteiger partial charge in [0.25, 0.3) is 11.8 Å². The number of benzene rings is 4. The van der Waals surface area contributed by atoms with Crippen LogP contribution in [-0.2, 0) is 48.0 Å². The molecule has 4 atom stereocenters. The number of likely N-dealkylation sites (N-methyl/N-ethyl adjacent to an activating group) is 1. The Balaban J connectivity index is 0.000000664. The molecule has 0 saturated heterocycles. The molecule has 4 bridgehead atoms. The second-order valence-corrected chi connectivity index (χ2v) is 20.5. The van der Waals surface area contributed by atoms with Crippen molar-refractivity contribution in [1.82, 2.24) is 20.9 Å². The number of aryl methyl sites for hydroxylation is 4. The first kappa shape index (κ1) is 65.7. The molecular weight excluding hydrogens is 1030 g/mol. The molecule has 0 aliphatic carbocycles. The van der Waals surface area contributed by atoms with E-state index in [-0.39, 0.29) is 96.2 Å². The second-order valence-electron chi connectivity index (χ2n) is 20.5. The molecule has 19 heteroatoms. The van der Waals surface area contributed by atoms with Crippen LogP contribution in [-0.4, -0.2) is 116 Å². The van der Waals surface area contributed by atoms with Gasteiger partial charge in [-0.25, -0.2) is 0 Å². The number of carbonyl (C=O) groups excluding carboxylic acids is 7. The molecule has 0 unspecified atom stereocenters. The molecule has 4 amide bonds. The molecule has 4 aromatic carbocycles. The Kier molecular flexibility index (Phi) is 27.4. The largest absolute Gasteiger partial charge is 0.492 e. The van der Waals surface area contributed by atoms with Crippen LogP contribution in [0.2, 0.25) is 0 Å². The number of nitrogens with zero attached hydrogens (tertiary/aromatic N) is 2. The van der Waals surface area contributed by atoms with Crippen molar-refractivity contribution < 1.29 is 52.9 Å². The molecule has 4 aromatic rings. The number of hydrogen-bond acceptors (Lipinski definition) is 14. The van der Waals surface area contributed by atoms with Gasteiger partial charge in [0, 0.05) is 79.9 Å². The van der Waals surface area contributed by atoms with E-state index in [4.69, 9.17) is 31.8 Å². The predicted octanol–water partition coefficient (Wildman–Crippen LogP) is 6.19. The highest BCUT2D eigenvalue weighted by molar-refractivity contribution is 6.00. The van der Waals surface area contributed by atoms with E-state index in [1.165, 1.54) is 17.5 Å². The summed E-state index contributed by atoms with van der Waals surface area (Å²) in [5.41, 5.74) is 24.8. The molecule has 436 valence electrons. The number of aliphatic carboxylic acids is 1. The molecule has 5 rings (SSSR count). The highest BCUT2D eigenvalue weighted by Gasteiger charge is 2.36. The van der Waals surface area contributed by atoms with Crippen LogP contribution in [0.5, 0.6) is 11.5 Å². The number of nitrogens with two attached hydrogens (primary N) is 3. The lowest BCUT2D eigenvalue weighted by molar-refractivity contribution is -0.143. The SMILES string of the molecule is CCCCc1ccc(C(=O)NCC(=O)C[C@@H](CCN)C(=O)N(C)[C@@H]2C(=O)C[C@@H](C)C(=O)N[C@H](C(=O)CCC#N)Cc3ccc(OCCN)c(c3)-c3cc2ccc3OCCN)c(C)c1.CCCCc1ccc(C(=O)NCC(=O)O)c(C)c1. The fourth-order valence-corrected chi connectivity index (χ4v) is 9.55. The first-order valence-electron chi connectivity index (χ1n) is 27.9. The van der Waals surface area contributed by atoms with Crippen molar-refractivity contribution in [2.75, 3.05) is 53.0 Å². The minimum atomic E-state index is -1.25. The summed E-state index contributed by atoms with van der Waals surface area (Å²) in [7, 11) is 1.47. The number of carbonyl (C=O) groups is 8. The number of unbranched alkanes of at least 4 members (excludes halogenated alkanes) is 2. The summed E-state index contributed by atoms with van der Waals surface area (Å²) < 4.78 is 12.2. The van der Waals surface area contributed by atoms with Crippen LogP contribution in [0.15, 0.2) is 72.8 Å². The summed E-state index contributed by atoms with van der Waals surface area (Å²) in [5, 5.41) is 25.6. The van der Waals surface area contributed by atoms with Crippen LogP contribution in [0.4, 0.5) is 0 Å². The Morgan fingerprint density at radius 2 is 1.32 bits per heavy atom. The third kappa shape index (κ3) is 20.1. The molecule has 1 aliphatic rings. The van der Waals surface area contributed by atoms with Crippen molar-refractivity contribution in [3.05, 3.63) is 117 Å². The van der Waals surface area contributed by atoms with Gasteiger partial charge >= 0.3 is 5.97 Å². The van der Waals surface area contributed by atoms with Crippen LogP contribution in [0.3, 0.4) is 0 Å². The fraction of sp³-hybridized carbons (Fsp3) is 0.468. The molecular formula is C62H82N8O11. The smallest absolute Gasteiger partial charge is 0.322 e. The number of amides is 4. The molecule has 0 aromatic heterocycles. The average Bonchev–Trinajstić information content (AvgIpc) is 3.63. The number of nitrogens with one attached hydrogen (secondary N) is 3. The van der Waals surface area contributed by atoms with Crippen molar-refractivity contribution in [1.29, 1.82) is 5.26 Å².